The third-order valence-corrected chi connectivity index (χ3v) is 3.86. The highest BCUT2D eigenvalue weighted by Gasteiger charge is 2.33. The summed E-state index contributed by atoms with van der Waals surface area (Å²) < 4.78 is 0. The summed E-state index contributed by atoms with van der Waals surface area (Å²) in [7, 11) is 0. The summed E-state index contributed by atoms with van der Waals surface area (Å²) in [6, 6.07) is 6.06. The summed E-state index contributed by atoms with van der Waals surface area (Å²) in [5.41, 5.74) is 8.31. The number of halogens is 1. The molecule has 0 aliphatic heterocycles. The van der Waals surface area contributed by atoms with Crippen LogP contribution in [0.5, 0.6) is 0 Å². The Morgan fingerprint density at radius 1 is 1.31 bits per heavy atom. The van der Waals surface area contributed by atoms with Crippen LogP contribution in [0.15, 0.2) is 18.2 Å². The first kappa shape index (κ1) is 10.1. The van der Waals surface area contributed by atoms with Gasteiger partial charge in [0, 0.05) is 16.5 Å². The lowest BCUT2D eigenvalue weighted by molar-refractivity contribution is 0.465. The molecule has 0 spiro atoms. The number of nitrogens with zero attached hydrogens (tertiary/aromatic N) is 1. The van der Waals surface area contributed by atoms with E-state index in [1.165, 1.54) is 12.8 Å². The number of nitrogens with two attached hydrogens (primary N) is 1. The third kappa shape index (κ3) is 1.35. The molecule has 3 nitrogen and oxygen atoms in total. The van der Waals surface area contributed by atoms with Gasteiger partial charge in [0.1, 0.15) is 5.15 Å². The smallest absolute Gasteiger partial charge is 0.132 e. The van der Waals surface area contributed by atoms with Gasteiger partial charge in [-0.2, -0.15) is 5.10 Å². The van der Waals surface area contributed by atoms with Crippen molar-refractivity contribution < 1.29 is 0 Å². The predicted molar refractivity (Wildman–Crippen MR) is 65.4 cm³/mol. The molecule has 1 saturated carbocycles. The van der Waals surface area contributed by atoms with Crippen molar-refractivity contribution in [2.45, 2.75) is 31.2 Å². The van der Waals surface area contributed by atoms with Crippen LogP contribution in [-0.2, 0) is 5.54 Å². The van der Waals surface area contributed by atoms with Gasteiger partial charge in [-0.3, -0.25) is 5.10 Å². The van der Waals surface area contributed by atoms with E-state index < -0.39 is 0 Å². The monoisotopic (exact) mass is 235 g/mol. The van der Waals surface area contributed by atoms with Crippen LogP contribution >= 0.6 is 11.6 Å². The van der Waals surface area contributed by atoms with Crippen LogP contribution in [-0.4, -0.2) is 10.2 Å². The Balaban J connectivity index is 2.23. The molecule has 0 unspecified atom stereocenters. The van der Waals surface area contributed by atoms with E-state index in [-0.39, 0.29) is 5.54 Å². The zero-order valence-corrected chi connectivity index (χ0v) is 9.72. The molecular formula is C12H14ClN3. The van der Waals surface area contributed by atoms with Gasteiger partial charge in [0.25, 0.3) is 0 Å². The number of hydrogen-bond acceptors (Lipinski definition) is 2. The topological polar surface area (TPSA) is 54.7 Å². The maximum Gasteiger partial charge on any atom is 0.132 e. The molecular weight excluding hydrogens is 222 g/mol. The van der Waals surface area contributed by atoms with Crippen LogP contribution in [0.25, 0.3) is 10.9 Å². The summed E-state index contributed by atoms with van der Waals surface area (Å²) in [5.74, 6) is 0. The Bertz CT molecular complexity index is 526. The zero-order valence-electron chi connectivity index (χ0n) is 8.96. The van der Waals surface area contributed by atoms with Gasteiger partial charge < -0.3 is 5.73 Å². The van der Waals surface area contributed by atoms with E-state index >= 15 is 0 Å². The number of aromatic nitrogens is 2. The molecule has 0 bridgehead atoms. The largest absolute Gasteiger partial charge is 0.321 e. The molecule has 0 atom stereocenters. The second-order valence-corrected chi connectivity index (χ2v) is 4.98. The fourth-order valence-electron chi connectivity index (χ4n) is 2.68. The van der Waals surface area contributed by atoms with Gasteiger partial charge in [0.2, 0.25) is 0 Å². The minimum Gasteiger partial charge on any atom is -0.321 e. The normalized spacial score (nSPS) is 19.4. The molecule has 2 aromatic rings. The molecule has 4 heteroatoms. The van der Waals surface area contributed by atoms with Gasteiger partial charge in [-0.05, 0) is 18.9 Å². The number of H-pyrrole nitrogens is 1. The first-order valence-corrected chi connectivity index (χ1v) is 6.00. The highest BCUT2D eigenvalue weighted by molar-refractivity contribution is 6.34. The molecule has 0 saturated heterocycles. The fraction of sp³-hybridized carbons (Fsp3) is 0.417. The van der Waals surface area contributed by atoms with Crippen molar-refractivity contribution in [1.82, 2.24) is 10.2 Å². The Hall–Kier alpha value is -1.06. The third-order valence-electron chi connectivity index (χ3n) is 3.57. The van der Waals surface area contributed by atoms with E-state index in [0.717, 1.165) is 29.3 Å². The van der Waals surface area contributed by atoms with Crippen molar-refractivity contribution >= 4 is 22.5 Å². The average Bonchev–Trinajstić information content (AvgIpc) is 2.87. The molecule has 1 aliphatic carbocycles. The molecule has 1 aromatic heterocycles. The average molecular weight is 236 g/mol. The van der Waals surface area contributed by atoms with Gasteiger partial charge in [-0.15, -0.1) is 0 Å². The summed E-state index contributed by atoms with van der Waals surface area (Å²) >= 11 is 6.04. The van der Waals surface area contributed by atoms with Crippen molar-refractivity contribution in [3.05, 3.63) is 28.9 Å². The van der Waals surface area contributed by atoms with Crippen LogP contribution in [0, 0.1) is 0 Å². The number of aromatic amines is 1. The first-order valence-electron chi connectivity index (χ1n) is 5.63. The van der Waals surface area contributed by atoms with E-state index in [9.17, 15) is 0 Å². The van der Waals surface area contributed by atoms with Crippen molar-refractivity contribution in [2.75, 3.05) is 0 Å². The number of fused-ring (bicyclic) bond motifs is 1. The predicted octanol–water partition coefficient (Wildman–Crippen LogP) is 2.94. The Kier molecular flexibility index (Phi) is 2.19. The molecule has 3 N–H and O–H groups in total. The quantitative estimate of drug-likeness (QED) is 0.799. The van der Waals surface area contributed by atoms with Crippen LogP contribution in [0.2, 0.25) is 5.15 Å². The van der Waals surface area contributed by atoms with E-state index in [1.807, 2.05) is 12.1 Å². The van der Waals surface area contributed by atoms with Crippen molar-refractivity contribution in [1.29, 1.82) is 0 Å². The van der Waals surface area contributed by atoms with E-state index in [0.29, 0.717) is 5.15 Å². The van der Waals surface area contributed by atoms with Crippen molar-refractivity contribution in [3.63, 3.8) is 0 Å². The first-order chi connectivity index (χ1) is 7.71. The Morgan fingerprint density at radius 3 is 2.81 bits per heavy atom. The minimum atomic E-state index is -0.210. The van der Waals surface area contributed by atoms with Crippen LogP contribution in [0.1, 0.15) is 31.2 Å². The van der Waals surface area contributed by atoms with Crippen molar-refractivity contribution in [2.24, 2.45) is 5.73 Å². The van der Waals surface area contributed by atoms with Gasteiger partial charge in [0.15, 0.2) is 0 Å². The number of nitrogens with one attached hydrogen (secondary N) is 1. The van der Waals surface area contributed by atoms with E-state index in [2.05, 4.69) is 16.3 Å². The molecule has 1 heterocycles. The standard InChI is InChI=1S/C12H14ClN3/c13-11-8-4-3-5-9(10(8)15-16-11)12(14)6-1-2-7-12/h3-5H,1-2,6-7,14H2,(H,15,16). The van der Waals surface area contributed by atoms with Gasteiger partial charge in [0.05, 0.1) is 5.52 Å². The highest BCUT2D eigenvalue weighted by atomic mass is 35.5. The fourth-order valence-corrected chi connectivity index (χ4v) is 2.88. The van der Waals surface area contributed by atoms with Crippen molar-refractivity contribution in [3.8, 4) is 0 Å². The van der Waals surface area contributed by atoms with E-state index in [1.54, 1.807) is 0 Å². The Labute approximate surface area is 99.0 Å². The summed E-state index contributed by atoms with van der Waals surface area (Å²) in [5, 5.41) is 8.65. The maximum atomic E-state index is 6.46. The number of benzene rings is 1. The molecule has 1 fully saturated rings. The van der Waals surface area contributed by atoms with Gasteiger partial charge in [-0.25, -0.2) is 0 Å². The second-order valence-electron chi connectivity index (χ2n) is 4.60. The number of para-hydroxylation sites is 1. The molecule has 1 aliphatic rings. The molecule has 1 aromatic carbocycles. The number of hydrogen-bond donors (Lipinski definition) is 2. The minimum absolute atomic E-state index is 0.210. The maximum absolute atomic E-state index is 6.46. The van der Waals surface area contributed by atoms with Gasteiger partial charge >= 0.3 is 0 Å². The van der Waals surface area contributed by atoms with Gasteiger partial charge in [-0.1, -0.05) is 36.6 Å². The molecule has 3 rings (SSSR count). The molecule has 84 valence electrons. The van der Waals surface area contributed by atoms with Crippen LogP contribution in [0.4, 0.5) is 0 Å². The lowest BCUT2D eigenvalue weighted by Crippen LogP contribution is -2.33. The lowest BCUT2D eigenvalue weighted by atomic mass is 9.88. The van der Waals surface area contributed by atoms with Crippen LogP contribution in [0.3, 0.4) is 0 Å². The summed E-state index contributed by atoms with van der Waals surface area (Å²) in [4.78, 5) is 0. The van der Waals surface area contributed by atoms with Crippen LogP contribution < -0.4 is 5.73 Å². The molecule has 0 radical (unpaired) electrons. The Morgan fingerprint density at radius 2 is 2.06 bits per heavy atom. The zero-order chi connectivity index (χ0) is 11.2. The SMILES string of the molecule is NC1(c2cccc3c(Cl)[nH]nc23)CCCC1. The van der Waals surface area contributed by atoms with E-state index in [4.69, 9.17) is 17.3 Å². The second kappa shape index (κ2) is 3.47. The lowest BCUT2D eigenvalue weighted by Gasteiger charge is -2.24. The number of rotatable bonds is 1. The summed E-state index contributed by atoms with van der Waals surface area (Å²) in [6.45, 7) is 0. The summed E-state index contributed by atoms with van der Waals surface area (Å²) in [6.07, 6.45) is 4.48. The highest BCUT2D eigenvalue weighted by Crippen LogP contribution is 2.39. The molecule has 0 amide bonds. The molecule has 16 heavy (non-hydrogen) atoms.